The van der Waals surface area contributed by atoms with Crippen LogP contribution in [0.25, 0.3) is 10.9 Å². The van der Waals surface area contributed by atoms with E-state index in [2.05, 4.69) is 46.5 Å². The van der Waals surface area contributed by atoms with Gasteiger partial charge in [-0.3, -0.25) is 9.98 Å². The number of nitrogens with zero attached hydrogens (tertiary/aromatic N) is 3. The normalized spacial score (nSPS) is 17.4. The second-order valence-corrected chi connectivity index (χ2v) is 6.33. The molecule has 0 spiro atoms. The summed E-state index contributed by atoms with van der Waals surface area (Å²) in [5.74, 6) is 1.54. The van der Waals surface area contributed by atoms with E-state index in [1.165, 1.54) is 5.39 Å². The van der Waals surface area contributed by atoms with Crippen molar-refractivity contribution < 1.29 is 4.74 Å². The fourth-order valence-electron chi connectivity index (χ4n) is 3.14. The average Bonchev–Trinajstić information content (AvgIpc) is 3.11. The van der Waals surface area contributed by atoms with Gasteiger partial charge in [0.1, 0.15) is 0 Å². The first-order valence-corrected chi connectivity index (χ1v) is 8.60. The van der Waals surface area contributed by atoms with Crippen molar-refractivity contribution in [3.8, 4) is 0 Å². The molecule has 1 aliphatic heterocycles. The summed E-state index contributed by atoms with van der Waals surface area (Å²) in [6.45, 7) is 3.55. The number of halogens is 1. The van der Waals surface area contributed by atoms with Crippen LogP contribution in [0, 0.1) is 5.92 Å². The Hall–Kier alpha value is -1.41. The number of benzene rings is 1. The van der Waals surface area contributed by atoms with Gasteiger partial charge in [-0.05, 0) is 18.6 Å². The Morgan fingerprint density at radius 3 is 2.92 bits per heavy atom. The van der Waals surface area contributed by atoms with Crippen LogP contribution in [0.15, 0.2) is 41.4 Å². The number of guanidine groups is 1. The molecule has 1 aliphatic rings. The lowest BCUT2D eigenvalue weighted by Gasteiger charge is -2.24. The summed E-state index contributed by atoms with van der Waals surface area (Å²) >= 11 is 0. The van der Waals surface area contributed by atoms with Gasteiger partial charge in [0.25, 0.3) is 0 Å². The van der Waals surface area contributed by atoms with Crippen LogP contribution in [0.5, 0.6) is 0 Å². The Morgan fingerprint density at radius 2 is 2.16 bits per heavy atom. The third-order valence-electron chi connectivity index (χ3n) is 4.45. The van der Waals surface area contributed by atoms with Crippen LogP contribution >= 0.6 is 24.0 Å². The van der Waals surface area contributed by atoms with Gasteiger partial charge in [-0.15, -0.1) is 24.0 Å². The van der Waals surface area contributed by atoms with Crippen LogP contribution in [-0.2, 0) is 11.2 Å². The fraction of sp³-hybridized carbons (Fsp3) is 0.474. The van der Waals surface area contributed by atoms with Crippen molar-refractivity contribution in [2.75, 3.05) is 40.4 Å². The van der Waals surface area contributed by atoms with Gasteiger partial charge in [0.15, 0.2) is 5.96 Å². The highest BCUT2D eigenvalue weighted by molar-refractivity contribution is 14.0. The van der Waals surface area contributed by atoms with Crippen LogP contribution in [0.3, 0.4) is 0 Å². The molecule has 2 heterocycles. The number of aliphatic imine (C=N–C) groups is 1. The maximum Gasteiger partial charge on any atom is 0.193 e. The van der Waals surface area contributed by atoms with Gasteiger partial charge in [-0.2, -0.15) is 0 Å². The van der Waals surface area contributed by atoms with Gasteiger partial charge in [0, 0.05) is 57.2 Å². The quantitative estimate of drug-likeness (QED) is 0.429. The number of hydrogen-bond acceptors (Lipinski definition) is 3. The van der Waals surface area contributed by atoms with Crippen molar-refractivity contribution in [3.05, 3.63) is 42.1 Å². The van der Waals surface area contributed by atoms with Crippen molar-refractivity contribution in [2.45, 2.75) is 12.8 Å². The molecule has 3 rings (SSSR count). The number of ether oxygens (including phenoxy) is 1. The largest absolute Gasteiger partial charge is 0.381 e. The van der Waals surface area contributed by atoms with E-state index in [-0.39, 0.29) is 24.0 Å². The predicted octanol–water partition coefficient (Wildman–Crippen LogP) is 2.94. The summed E-state index contributed by atoms with van der Waals surface area (Å²) in [5, 5.41) is 4.62. The third-order valence-corrected chi connectivity index (χ3v) is 4.45. The molecule has 5 nitrogen and oxygen atoms in total. The number of fused-ring (bicyclic) bond motifs is 1. The van der Waals surface area contributed by atoms with Gasteiger partial charge in [-0.1, -0.05) is 24.3 Å². The standard InChI is InChI=1S/C19H26N4O.HI/c1-20-19(23(2)13-15-10-12-24-14-15)21-11-9-17-8-7-16-5-3-4-6-18(16)22-17;/h3-8,15H,9-14H2,1-2H3,(H,20,21);1H. The highest BCUT2D eigenvalue weighted by atomic mass is 127. The first kappa shape index (κ1) is 19.9. The van der Waals surface area contributed by atoms with E-state index in [1.807, 2.05) is 19.2 Å². The van der Waals surface area contributed by atoms with E-state index < -0.39 is 0 Å². The summed E-state index contributed by atoms with van der Waals surface area (Å²) in [5.41, 5.74) is 2.15. The molecule has 1 atom stereocenters. The van der Waals surface area contributed by atoms with Crippen LogP contribution < -0.4 is 5.32 Å². The maximum atomic E-state index is 5.45. The summed E-state index contributed by atoms with van der Waals surface area (Å²) in [6.07, 6.45) is 2.02. The molecule has 1 fully saturated rings. The lowest BCUT2D eigenvalue weighted by atomic mass is 10.1. The van der Waals surface area contributed by atoms with Crippen molar-refractivity contribution in [2.24, 2.45) is 10.9 Å². The Balaban J connectivity index is 0.00000225. The average molecular weight is 454 g/mol. The molecule has 6 heteroatoms. The van der Waals surface area contributed by atoms with Gasteiger partial charge in [0.2, 0.25) is 0 Å². The minimum atomic E-state index is 0. The molecule has 1 unspecified atom stereocenters. The van der Waals surface area contributed by atoms with Gasteiger partial charge >= 0.3 is 0 Å². The zero-order chi connectivity index (χ0) is 16.8. The Morgan fingerprint density at radius 1 is 1.32 bits per heavy atom. The van der Waals surface area contributed by atoms with Gasteiger partial charge < -0.3 is 15.0 Å². The molecule has 1 aromatic heterocycles. The van der Waals surface area contributed by atoms with E-state index in [0.717, 1.165) is 56.3 Å². The molecule has 1 saturated heterocycles. The number of para-hydroxylation sites is 1. The molecule has 1 N–H and O–H groups in total. The van der Waals surface area contributed by atoms with Crippen LogP contribution in [-0.4, -0.2) is 56.2 Å². The minimum absolute atomic E-state index is 0. The zero-order valence-corrected chi connectivity index (χ0v) is 17.3. The molecule has 1 aromatic carbocycles. The van der Waals surface area contributed by atoms with Gasteiger partial charge in [0.05, 0.1) is 12.1 Å². The summed E-state index contributed by atoms with van der Waals surface area (Å²) < 4.78 is 5.45. The fourth-order valence-corrected chi connectivity index (χ4v) is 3.14. The summed E-state index contributed by atoms with van der Waals surface area (Å²) in [6, 6.07) is 12.5. The topological polar surface area (TPSA) is 49.8 Å². The summed E-state index contributed by atoms with van der Waals surface area (Å²) in [4.78, 5) is 11.3. The lowest BCUT2D eigenvalue weighted by molar-refractivity contribution is 0.181. The molecular weight excluding hydrogens is 427 g/mol. The van der Waals surface area contributed by atoms with Crippen molar-refractivity contribution in [1.82, 2.24) is 15.2 Å². The summed E-state index contributed by atoms with van der Waals surface area (Å²) in [7, 11) is 3.92. The van der Waals surface area contributed by atoms with E-state index >= 15 is 0 Å². The molecule has 2 aromatic rings. The van der Waals surface area contributed by atoms with E-state index in [4.69, 9.17) is 9.72 Å². The number of pyridine rings is 1. The molecular formula is C19H27IN4O. The lowest BCUT2D eigenvalue weighted by Crippen LogP contribution is -2.42. The molecule has 0 saturated carbocycles. The first-order valence-electron chi connectivity index (χ1n) is 8.60. The first-order chi connectivity index (χ1) is 11.8. The van der Waals surface area contributed by atoms with Crippen molar-refractivity contribution in [1.29, 1.82) is 0 Å². The Labute approximate surface area is 166 Å². The molecule has 0 amide bonds. The van der Waals surface area contributed by atoms with Crippen molar-refractivity contribution in [3.63, 3.8) is 0 Å². The van der Waals surface area contributed by atoms with E-state index in [1.54, 1.807) is 0 Å². The molecule has 0 bridgehead atoms. The second kappa shape index (κ2) is 9.91. The molecule has 25 heavy (non-hydrogen) atoms. The molecule has 136 valence electrons. The monoisotopic (exact) mass is 454 g/mol. The van der Waals surface area contributed by atoms with Crippen LogP contribution in [0.1, 0.15) is 12.1 Å². The highest BCUT2D eigenvalue weighted by Gasteiger charge is 2.18. The minimum Gasteiger partial charge on any atom is -0.381 e. The van der Waals surface area contributed by atoms with Crippen molar-refractivity contribution >= 4 is 40.8 Å². The molecule has 0 radical (unpaired) electrons. The third kappa shape index (κ3) is 5.54. The Kier molecular flexibility index (Phi) is 7.90. The van der Waals surface area contributed by atoms with Gasteiger partial charge in [-0.25, -0.2) is 0 Å². The number of hydrogen-bond donors (Lipinski definition) is 1. The van der Waals surface area contributed by atoms with Crippen LogP contribution in [0.4, 0.5) is 0 Å². The zero-order valence-electron chi connectivity index (χ0n) is 14.9. The smallest absolute Gasteiger partial charge is 0.193 e. The Bertz CT molecular complexity index is 701. The highest BCUT2D eigenvalue weighted by Crippen LogP contribution is 2.13. The second-order valence-electron chi connectivity index (χ2n) is 6.33. The predicted molar refractivity (Wildman–Crippen MR) is 114 cm³/mol. The SMILES string of the molecule is CN=C(NCCc1ccc2ccccc2n1)N(C)CC1CCOC1.I. The van der Waals surface area contributed by atoms with E-state index in [9.17, 15) is 0 Å². The number of rotatable bonds is 5. The molecule has 0 aliphatic carbocycles. The number of aromatic nitrogens is 1. The number of nitrogens with one attached hydrogen (secondary N) is 1. The maximum absolute atomic E-state index is 5.45. The van der Waals surface area contributed by atoms with Crippen LogP contribution in [0.2, 0.25) is 0 Å². The van der Waals surface area contributed by atoms with E-state index in [0.29, 0.717) is 5.92 Å².